The van der Waals surface area contributed by atoms with Crippen LogP contribution in [0.4, 0.5) is 0 Å². The molecule has 1 heterocycles. The summed E-state index contributed by atoms with van der Waals surface area (Å²) < 4.78 is -0.0441. The topological polar surface area (TPSA) is 0 Å². The van der Waals surface area contributed by atoms with Gasteiger partial charge in [-0.3, -0.25) is 0 Å². The fourth-order valence-corrected chi connectivity index (χ4v) is 5.67. The summed E-state index contributed by atoms with van der Waals surface area (Å²) >= 11 is 1.93. The summed E-state index contributed by atoms with van der Waals surface area (Å²) in [5.74, 6) is 0. The Balaban J connectivity index is 2.53. The summed E-state index contributed by atoms with van der Waals surface area (Å²) in [5, 5.41) is 0. The maximum Gasteiger partial charge on any atom is 0.113 e. The smallest absolute Gasteiger partial charge is 0.113 e. The molecule has 138 valence electrons. The van der Waals surface area contributed by atoms with E-state index < -0.39 is 0 Å². The van der Waals surface area contributed by atoms with Crippen LogP contribution < -0.4 is 5.46 Å². The maximum atomic E-state index is 6.24. The molecule has 0 fully saturated rings. The molecule has 0 saturated heterocycles. The van der Waals surface area contributed by atoms with Crippen LogP contribution in [0.5, 0.6) is 0 Å². The van der Waals surface area contributed by atoms with Gasteiger partial charge < -0.3 is 0 Å². The zero-order chi connectivity index (χ0) is 19.9. The van der Waals surface area contributed by atoms with Crippen molar-refractivity contribution in [2.75, 3.05) is 0 Å². The molecule has 2 heteroatoms. The highest BCUT2D eigenvalue weighted by Crippen LogP contribution is 2.52. The Morgan fingerprint density at radius 3 is 2.41 bits per heavy atom. The van der Waals surface area contributed by atoms with Crippen molar-refractivity contribution in [1.29, 1.82) is 0 Å². The lowest BCUT2D eigenvalue weighted by Crippen LogP contribution is -2.23. The fourth-order valence-electron chi connectivity index (χ4n) is 4.25. The summed E-state index contributed by atoms with van der Waals surface area (Å²) in [6.07, 6.45) is 3.44. The average molecular weight is 372 g/mol. The highest BCUT2D eigenvalue weighted by Gasteiger charge is 2.34. The Hall–Kier alpha value is -1.67. The van der Waals surface area contributed by atoms with Gasteiger partial charge in [0, 0.05) is 9.64 Å². The second kappa shape index (κ2) is 7.39. The molecule has 0 aliphatic carbocycles. The lowest BCUT2D eigenvalue weighted by Gasteiger charge is -2.36. The Labute approximate surface area is 170 Å². The Morgan fingerprint density at radius 2 is 1.78 bits per heavy atom. The maximum absolute atomic E-state index is 6.24. The Bertz CT molecular complexity index is 957. The molecule has 0 saturated carbocycles. The first kappa shape index (κ1) is 20.1. The third-order valence-corrected chi connectivity index (χ3v) is 6.58. The zero-order valence-corrected chi connectivity index (χ0v) is 18.5. The van der Waals surface area contributed by atoms with Crippen LogP contribution in [-0.4, -0.2) is 12.6 Å². The van der Waals surface area contributed by atoms with Crippen LogP contribution in [0.25, 0.3) is 16.7 Å². The first-order valence-electron chi connectivity index (χ1n) is 9.75. The van der Waals surface area contributed by atoms with Crippen LogP contribution in [-0.2, 0) is 0 Å². The fraction of sp³-hybridized carbons (Fsp3) is 0.360. The van der Waals surface area contributed by atoms with E-state index in [4.69, 9.17) is 7.85 Å². The van der Waals surface area contributed by atoms with Gasteiger partial charge in [0.2, 0.25) is 0 Å². The molecule has 2 aromatic carbocycles. The van der Waals surface area contributed by atoms with Crippen molar-refractivity contribution in [1.82, 2.24) is 0 Å². The summed E-state index contributed by atoms with van der Waals surface area (Å²) in [4.78, 5) is 1.28. The molecule has 0 N–H and O–H groups in total. The van der Waals surface area contributed by atoms with Crippen molar-refractivity contribution in [2.24, 2.45) is 0 Å². The van der Waals surface area contributed by atoms with Gasteiger partial charge in [0.1, 0.15) is 7.85 Å². The lowest BCUT2D eigenvalue weighted by molar-refractivity contribution is 0.849. The van der Waals surface area contributed by atoms with Crippen LogP contribution in [0.2, 0.25) is 0 Å². The molecule has 0 aromatic heterocycles. The highest BCUT2D eigenvalue weighted by atomic mass is 32.2. The number of fused-ring (bicyclic) bond motifs is 3. The van der Waals surface area contributed by atoms with Crippen molar-refractivity contribution in [3.05, 3.63) is 64.2 Å². The van der Waals surface area contributed by atoms with Crippen molar-refractivity contribution in [2.45, 2.75) is 64.5 Å². The van der Waals surface area contributed by atoms with Crippen LogP contribution in [0, 0.1) is 13.8 Å². The minimum atomic E-state index is -0.0441. The van der Waals surface area contributed by atoms with Gasteiger partial charge in [0.15, 0.2) is 0 Å². The SMILES string of the molecule is [B]c1cc(C)c2c(c1)SC(C)(C)/C(=C/CC)C(=C(C)C)c1c(C)cccc1-2. The predicted molar refractivity (Wildman–Crippen MR) is 123 cm³/mol. The first-order valence-corrected chi connectivity index (χ1v) is 10.6. The molecule has 0 amide bonds. The minimum Gasteiger partial charge on any atom is -0.114 e. The van der Waals surface area contributed by atoms with Gasteiger partial charge in [-0.15, -0.1) is 11.8 Å². The molecule has 1 aliphatic heterocycles. The molecular weight excluding hydrogens is 343 g/mol. The molecular formula is C25H29BS. The second-order valence-corrected chi connectivity index (χ2v) is 9.89. The van der Waals surface area contributed by atoms with E-state index in [0.29, 0.717) is 0 Å². The first-order chi connectivity index (χ1) is 12.7. The van der Waals surface area contributed by atoms with Gasteiger partial charge in [-0.1, -0.05) is 54.4 Å². The molecule has 0 atom stereocenters. The summed E-state index contributed by atoms with van der Waals surface area (Å²) in [5.41, 5.74) is 11.6. The number of aryl methyl sites for hydroxylation is 2. The number of thioether (sulfide) groups is 1. The second-order valence-electron chi connectivity index (χ2n) is 8.22. The highest BCUT2D eigenvalue weighted by molar-refractivity contribution is 8.01. The molecule has 27 heavy (non-hydrogen) atoms. The minimum absolute atomic E-state index is 0.0441. The van der Waals surface area contributed by atoms with Crippen molar-refractivity contribution in [3.8, 4) is 11.1 Å². The normalized spacial score (nSPS) is 17.1. The van der Waals surface area contributed by atoms with Crippen molar-refractivity contribution < 1.29 is 0 Å². The number of hydrogen-bond donors (Lipinski definition) is 0. The van der Waals surface area contributed by atoms with E-state index in [0.717, 1.165) is 11.9 Å². The number of hydrogen-bond acceptors (Lipinski definition) is 1. The van der Waals surface area contributed by atoms with Gasteiger partial charge >= 0.3 is 0 Å². The van der Waals surface area contributed by atoms with Gasteiger partial charge in [0.25, 0.3) is 0 Å². The van der Waals surface area contributed by atoms with Gasteiger partial charge in [-0.05, 0) is 86.9 Å². The number of benzene rings is 2. The van der Waals surface area contributed by atoms with E-state index >= 15 is 0 Å². The van der Waals surface area contributed by atoms with Gasteiger partial charge in [0.05, 0.1) is 0 Å². The standard InChI is InChI=1S/C25H29BS/c1-8-10-20-22(15(2)3)24-16(4)11-9-12-19(24)23-17(5)13-18(26)14-21(23)27-25(20,6)7/h9-14H,8H2,1-7H3/b20-10+. The molecule has 0 nitrogen and oxygen atoms in total. The van der Waals surface area contributed by atoms with E-state index in [1.54, 1.807) is 0 Å². The molecule has 1 aliphatic rings. The van der Waals surface area contributed by atoms with Crippen LogP contribution >= 0.6 is 11.8 Å². The van der Waals surface area contributed by atoms with E-state index in [9.17, 15) is 0 Å². The summed E-state index contributed by atoms with van der Waals surface area (Å²) in [6, 6.07) is 10.9. The van der Waals surface area contributed by atoms with Gasteiger partial charge in [-0.25, -0.2) is 0 Å². The molecule has 0 spiro atoms. The van der Waals surface area contributed by atoms with Crippen LogP contribution in [0.3, 0.4) is 0 Å². The van der Waals surface area contributed by atoms with Crippen molar-refractivity contribution >= 4 is 30.6 Å². The molecule has 3 rings (SSSR count). The molecule has 2 radical (unpaired) electrons. The Kier molecular flexibility index (Phi) is 5.50. The van der Waals surface area contributed by atoms with E-state index in [1.165, 1.54) is 49.4 Å². The summed E-state index contributed by atoms with van der Waals surface area (Å²) in [7, 11) is 6.24. The van der Waals surface area contributed by atoms with E-state index in [1.807, 2.05) is 11.8 Å². The quantitative estimate of drug-likeness (QED) is 0.497. The van der Waals surface area contributed by atoms with Crippen LogP contribution in [0.1, 0.15) is 57.7 Å². The summed E-state index contributed by atoms with van der Waals surface area (Å²) in [6.45, 7) is 15.8. The van der Waals surface area contributed by atoms with Gasteiger partial charge in [-0.2, -0.15) is 0 Å². The Morgan fingerprint density at radius 1 is 1.07 bits per heavy atom. The largest absolute Gasteiger partial charge is 0.114 e. The average Bonchev–Trinajstić information content (AvgIpc) is 2.54. The predicted octanol–water partition coefficient (Wildman–Crippen LogP) is 6.78. The van der Waals surface area contributed by atoms with E-state index in [-0.39, 0.29) is 4.75 Å². The van der Waals surface area contributed by atoms with E-state index in [2.05, 4.69) is 84.9 Å². The number of rotatable bonds is 1. The lowest BCUT2D eigenvalue weighted by atomic mass is 9.79. The molecule has 0 unspecified atom stereocenters. The number of allylic oxidation sites excluding steroid dienone is 3. The third kappa shape index (κ3) is 3.57. The molecule has 0 bridgehead atoms. The third-order valence-electron chi connectivity index (χ3n) is 5.31. The molecule has 2 aromatic rings. The zero-order valence-electron chi connectivity index (χ0n) is 17.7. The monoisotopic (exact) mass is 372 g/mol. The van der Waals surface area contributed by atoms with Crippen molar-refractivity contribution in [3.63, 3.8) is 0 Å². The van der Waals surface area contributed by atoms with Crippen LogP contribution in [0.15, 0.2) is 52.4 Å².